The fourth-order valence-electron chi connectivity index (χ4n) is 2.66. The first-order valence-electron chi connectivity index (χ1n) is 7.97. The lowest BCUT2D eigenvalue weighted by Gasteiger charge is -2.06. The maximum Gasteiger partial charge on any atom is 0.142 e. The van der Waals surface area contributed by atoms with Gasteiger partial charge in [-0.25, -0.2) is 9.97 Å². The molecule has 5 nitrogen and oxygen atoms in total. The first-order valence-corrected chi connectivity index (χ1v) is 7.97. The Kier molecular flexibility index (Phi) is 3.85. The number of H-pyrrole nitrogens is 1. The van der Waals surface area contributed by atoms with Crippen molar-refractivity contribution >= 4 is 16.9 Å². The summed E-state index contributed by atoms with van der Waals surface area (Å²) in [5.41, 5.74) is 4.58. The number of nitrogens with one attached hydrogen (secondary N) is 2. The standard InChI is InChI=1S/C20H15N5/c21-12-16-4-3-7-19(23-16)22-13-14-8-10-15(11-9-14)20-24-17-5-1-2-6-18(17)25-20/h1-11H,13H2,(H,22,23)(H,24,25). The second-order valence-corrected chi connectivity index (χ2v) is 5.67. The van der Waals surface area contributed by atoms with Crippen LogP contribution in [0.5, 0.6) is 0 Å². The number of imidazole rings is 1. The van der Waals surface area contributed by atoms with Gasteiger partial charge in [0.05, 0.1) is 11.0 Å². The van der Waals surface area contributed by atoms with Crippen LogP contribution in [0, 0.1) is 11.3 Å². The van der Waals surface area contributed by atoms with E-state index in [4.69, 9.17) is 5.26 Å². The fraction of sp³-hybridized carbons (Fsp3) is 0.0500. The zero-order valence-corrected chi connectivity index (χ0v) is 13.4. The molecule has 0 spiro atoms. The molecule has 0 aliphatic rings. The topological polar surface area (TPSA) is 77.4 Å². The lowest BCUT2D eigenvalue weighted by Crippen LogP contribution is -2.01. The van der Waals surface area contributed by atoms with Crippen LogP contribution in [0.25, 0.3) is 22.4 Å². The van der Waals surface area contributed by atoms with Crippen LogP contribution in [-0.2, 0) is 6.54 Å². The molecule has 0 aliphatic carbocycles. The number of pyridine rings is 1. The van der Waals surface area contributed by atoms with E-state index in [1.807, 2.05) is 54.6 Å². The van der Waals surface area contributed by atoms with E-state index in [1.54, 1.807) is 6.07 Å². The Morgan fingerprint density at radius 3 is 2.56 bits per heavy atom. The molecule has 4 rings (SSSR count). The number of rotatable bonds is 4. The lowest BCUT2D eigenvalue weighted by molar-refractivity contribution is 1.10. The summed E-state index contributed by atoms with van der Waals surface area (Å²) in [6, 6.07) is 23.6. The normalized spacial score (nSPS) is 10.5. The van der Waals surface area contributed by atoms with E-state index in [2.05, 4.69) is 32.4 Å². The number of aromatic amines is 1. The van der Waals surface area contributed by atoms with E-state index in [1.165, 1.54) is 0 Å². The van der Waals surface area contributed by atoms with E-state index < -0.39 is 0 Å². The van der Waals surface area contributed by atoms with Crippen LogP contribution in [0.2, 0.25) is 0 Å². The number of para-hydroxylation sites is 2. The van der Waals surface area contributed by atoms with Crippen molar-refractivity contribution in [3.05, 3.63) is 78.0 Å². The second-order valence-electron chi connectivity index (χ2n) is 5.67. The molecule has 2 aromatic heterocycles. The Morgan fingerprint density at radius 2 is 1.76 bits per heavy atom. The molecule has 0 saturated carbocycles. The molecule has 0 atom stereocenters. The van der Waals surface area contributed by atoms with Crippen LogP contribution in [0.3, 0.4) is 0 Å². The molecule has 0 fully saturated rings. The highest BCUT2D eigenvalue weighted by Crippen LogP contribution is 2.21. The molecule has 2 N–H and O–H groups in total. The number of benzene rings is 2. The summed E-state index contributed by atoms with van der Waals surface area (Å²) in [6.45, 7) is 0.641. The van der Waals surface area contributed by atoms with Gasteiger partial charge in [0.1, 0.15) is 23.4 Å². The minimum absolute atomic E-state index is 0.408. The Bertz CT molecular complexity index is 1020. The van der Waals surface area contributed by atoms with Crippen LogP contribution >= 0.6 is 0 Å². The van der Waals surface area contributed by atoms with Crippen molar-refractivity contribution < 1.29 is 0 Å². The van der Waals surface area contributed by atoms with Crippen molar-refractivity contribution in [3.8, 4) is 17.5 Å². The Hall–Kier alpha value is -3.65. The summed E-state index contributed by atoms with van der Waals surface area (Å²) in [7, 11) is 0. The zero-order valence-electron chi connectivity index (χ0n) is 13.4. The summed E-state index contributed by atoms with van der Waals surface area (Å²) < 4.78 is 0. The molecule has 5 heteroatoms. The number of hydrogen-bond acceptors (Lipinski definition) is 4. The van der Waals surface area contributed by atoms with Gasteiger partial charge >= 0.3 is 0 Å². The third kappa shape index (κ3) is 3.19. The van der Waals surface area contributed by atoms with Gasteiger partial charge in [-0.05, 0) is 29.8 Å². The summed E-state index contributed by atoms with van der Waals surface area (Å²) in [5, 5.41) is 12.1. The molecule has 0 unspecified atom stereocenters. The predicted molar refractivity (Wildman–Crippen MR) is 97.8 cm³/mol. The molecule has 2 aromatic carbocycles. The van der Waals surface area contributed by atoms with Gasteiger partial charge in [-0.15, -0.1) is 0 Å². The van der Waals surface area contributed by atoms with E-state index in [9.17, 15) is 0 Å². The smallest absolute Gasteiger partial charge is 0.142 e. The Morgan fingerprint density at radius 1 is 0.920 bits per heavy atom. The molecule has 25 heavy (non-hydrogen) atoms. The summed E-state index contributed by atoms with van der Waals surface area (Å²) in [4.78, 5) is 12.2. The van der Waals surface area contributed by atoms with Crippen molar-refractivity contribution in [1.29, 1.82) is 5.26 Å². The summed E-state index contributed by atoms with van der Waals surface area (Å²) in [5.74, 6) is 1.56. The summed E-state index contributed by atoms with van der Waals surface area (Å²) >= 11 is 0. The van der Waals surface area contributed by atoms with Gasteiger partial charge in [0.25, 0.3) is 0 Å². The third-order valence-corrected chi connectivity index (χ3v) is 3.95. The average Bonchev–Trinajstić information content (AvgIpc) is 3.11. The number of fused-ring (bicyclic) bond motifs is 1. The van der Waals surface area contributed by atoms with E-state index in [0.29, 0.717) is 18.1 Å². The number of hydrogen-bond donors (Lipinski definition) is 2. The van der Waals surface area contributed by atoms with Crippen LogP contribution in [0.15, 0.2) is 66.7 Å². The Labute approximate surface area is 145 Å². The maximum atomic E-state index is 8.89. The van der Waals surface area contributed by atoms with Gasteiger partial charge in [0, 0.05) is 12.1 Å². The van der Waals surface area contributed by atoms with Crippen LogP contribution in [0.1, 0.15) is 11.3 Å². The fourth-order valence-corrected chi connectivity index (χ4v) is 2.66. The maximum absolute atomic E-state index is 8.89. The van der Waals surface area contributed by atoms with Crippen LogP contribution < -0.4 is 5.32 Å². The third-order valence-electron chi connectivity index (χ3n) is 3.95. The lowest BCUT2D eigenvalue weighted by atomic mass is 10.1. The zero-order chi connectivity index (χ0) is 17.1. The highest BCUT2D eigenvalue weighted by molar-refractivity contribution is 5.79. The minimum atomic E-state index is 0.408. The quantitative estimate of drug-likeness (QED) is 0.592. The molecular weight excluding hydrogens is 310 g/mol. The molecular formula is C20H15N5. The molecule has 0 radical (unpaired) electrons. The van der Waals surface area contributed by atoms with Crippen LogP contribution in [-0.4, -0.2) is 15.0 Å². The SMILES string of the molecule is N#Cc1cccc(NCc2ccc(-c3nc4ccccc4[nH]3)cc2)n1. The van der Waals surface area contributed by atoms with Crippen molar-refractivity contribution in [1.82, 2.24) is 15.0 Å². The molecule has 0 bridgehead atoms. The second kappa shape index (κ2) is 6.46. The van der Waals surface area contributed by atoms with E-state index >= 15 is 0 Å². The van der Waals surface area contributed by atoms with Gasteiger partial charge in [0.2, 0.25) is 0 Å². The number of anilines is 1. The van der Waals surface area contributed by atoms with Crippen molar-refractivity contribution in [2.75, 3.05) is 5.32 Å². The first-order chi connectivity index (χ1) is 12.3. The summed E-state index contributed by atoms with van der Waals surface area (Å²) in [6.07, 6.45) is 0. The largest absolute Gasteiger partial charge is 0.366 e. The van der Waals surface area contributed by atoms with Crippen molar-refractivity contribution in [2.24, 2.45) is 0 Å². The highest BCUT2D eigenvalue weighted by atomic mass is 15.0. The first kappa shape index (κ1) is 14.9. The molecule has 0 amide bonds. The predicted octanol–water partition coefficient (Wildman–Crippen LogP) is 4.11. The highest BCUT2D eigenvalue weighted by Gasteiger charge is 2.05. The van der Waals surface area contributed by atoms with E-state index in [0.717, 1.165) is 28.0 Å². The van der Waals surface area contributed by atoms with Gasteiger partial charge in [-0.1, -0.05) is 42.5 Å². The number of nitrogens with zero attached hydrogens (tertiary/aromatic N) is 3. The minimum Gasteiger partial charge on any atom is -0.366 e. The average molecular weight is 325 g/mol. The van der Waals surface area contributed by atoms with Crippen LogP contribution in [0.4, 0.5) is 5.82 Å². The van der Waals surface area contributed by atoms with Crippen molar-refractivity contribution in [3.63, 3.8) is 0 Å². The van der Waals surface area contributed by atoms with Gasteiger partial charge < -0.3 is 10.3 Å². The molecule has 0 aliphatic heterocycles. The molecule has 4 aromatic rings. The molecule has 0 saturated heterocycles. The monoisotopic (exact) mass is 325 g/mol. The van der Waals surface area contributed by atoms with Crippen molar-refractivity contribution in [2.45, 2.75) is 6.54 Å². The van der Waals surface area contributed by atoms with E-state index in [-0.39, 0.29) is 0 Å². The van der Waals surface area contributed by atoms with Gasteiger partial charge in [0.15, 0.2) is 0 Å². The number of nitriles is 1. The van der Waals surface area contributed by atoms with Gasteiger partial charge in [-0.2, -0.15) is 5.26 Å². The molecule has 2 heterocycles. The van der Waals surface area contributed by atoms with Gasteiger partial charge in [-0.3, -0.25) is 0 Å². The molecule has 120 valence electrons. The Balaban J connectivity index is 1.49. The number of aromatic nitrogens is 3.